The molecule has 4 rings (SSSR count). The molecule has 1 aromatic heterocycles. The summed E-state index contributed by atoms with van der Waals surface area (Å²) in [6.07, 6.45) is -4.68. The van der Waals surface area contributed by atoms with E-state index in [1.165, 1.54) is 12.1 Å². The van der Waals surface area contributed by atoms with Gasteiger partial charge in [0.2, 0.25) is 0 Å². The van der Waals surface area contributed by atoms with Crippen LogP contribution in [0.2, 0.25) is 0 Å². The Labute approximate surface area is 211 Å². The summed E-state index contributed by atoms with van der Waals surface area (Å²) in [5.41, 5.74) is -3.82. The molecule has 0 fully saturated rings. The fourth-order valence-electron chi connectivity index (χ4n) is 3.20. The van der Waals surface area contributed by atoms with E-state index in [9.17, 15) is 44.9 Å². The maximum absolute atomic E-state index is 12.8. The third-order valence-electron chi connectivity index (χ3n) is 4.98. The smallest absolute Gasteiger partial charge is 0.416 e. The number of benzene rings is 3. The van der Waals surface area contributed by atoms with Crippen LogP contribution in [-0.2, 0) is 26.3 Å². The summed E-state index contributed by atoms with van der Waals surface area (Å²) in [4.78, 5) is 21.5. The van der Waals surface area contributed by atoms with Crippen LogP contribution in [0.15, 0.2) is 91.8 Å². The van der Waals surface area contributed by atoms with Crippen molar-refractivity contribution < 1.29 is 43.5 Å². The number of rotatable bonds is 7. The summed E-state index contributed by atoms with van der Waals surface area (Å²) >= 11 is 0. The molecule has 0 unspecified atom stereocenters. The molecule has 0 aliphatic heterocycles. The van der Waals surface area contributed by atoms with E-state index in [2.05, 4.69) is 0 Å². The summed E-state index contributed by atoms with van der Waals surface area (Å²) < 4.78 is 101. The van der Waals surface area contributed by atoms with Crippen molar-refractivity contribution in [2.24, 2.45) is 0 Å². The zero-order valence-corrected chi connectivity index (χ0v) is 20.1. The zero-order chi connectivity index (χ0) is 27.9. The van der Waals surface area contributed by atoms with Crippen LogP contribution in [0.4, 0.5) is 24.5 Å². The Balaban J connectivity index is 1.67. The number of nitro benzene ring substituents is 1. The zero-order valence-electron chi connectivity index (χ0n) is 18.5. The molecule has 0 saturated carbocycles. The molecule has 0 spiro atoms. The molecule has 0 amide bonds. The molecular formula is C22H13F3N2O9S2. The monoisotopic (exact) mass is 570 g/mol. The molecule has 0 saturated heterocycles. The number of nitrogens with one attached hydrogen (secondary N) is 1. The van der Waals surface area contributed by atoms with Gasteiger partial charge < -0.3 is 8.60 Å². The van der Waals surface area contributed by atoms with Crippen LogP contribution < -0.4 is 14.5 Å². The number of anilines is 1. The average Bonchev–Trinajstić information content (AvgIpc) is 2.84. The van der Waals surface area contributed by atoms with E-state index in [4.69, 9.17) is 8.60 Å². The van der Waals surface area contributed by atoms with Crippen LogP contribution in [0, 0.1) is 10.1 Å². The fraction of sp³-hybridized carbons (Fsp3) is 0.0455. The maximum Gasteiger partial charge on any atom is 0.416 e. The molecule has 0 aliphatic carbocycles. The van der Waals surface area contributed by atoms with Crippen molar-refractivity contribution in [2.45, 2.75) is 16.0 Å². The van der Waals surface area contributed by atoms with E-state index >= 15 is 0 Å². The lowest BCUT2D eigenvalue weighted by Gasteiger charge is -2.11. The molecule has 4 aromatic rings. The first-order valence-corrected chi connectivity index (χ1v) is 13.0. The number of alkyl halides is 3. The third kappa shape index (κ3) is 5.45. The molecule has 198 valence electrons. The van der Waals surface area contributed by atoms with Crippen LogP contribution in [0.1, 0.15) is 5.56 Å². The Hall–Kier alpha value is -4.44. The van der Waals surface area contributed by atoms with Gasteiger partial charge >= 0.3 is 21.9 Å². The number of nitrogens with zero attached hydrogens (tertiary/aromatic N) is 1. The quantitative estimate of drug-likeness (QED) is 0.148. The van der Waals surface area contributed by atoms with Gasteiger partial charge in [0.05, 0.1) is 15.4 Å². The Morgan fingerprint density at radius 1 is 0.895 bits per heavy atom. The molecule has 38 heavy (non-hydrogen) atoms. The van der Waals surface area contributed by atoms with Crippen molar-refractivity contribution in [3.63, 3.8) is 0 Å². The van der Waals surface area contributed by atoms with Gasteiger partial charge in [-0.25, -0.2) is 13.2 Å². The Morgan fingerprint density at radius 2 is 1.55 bits per heavy atom. The lowest BCUT2D eigenvalue weighted by molar-refractivity contribution is -0.385. The molecule has 0 aliphatic rings. The van der Waals surface area contributed by atoms with Crippen LogP contribution in [0.5, 0.6) is 5.75 Å². The van der Waals surface area contributed by atoms with Gasteiger partial charge in [-0.1, -0.05) is 18.2 Å². The van der Waals surface area contributed by atoms with E-state index in [0.717, 1.165) is 36.4 Å². The van der Waals surface area contributed by atoms with Crippen molar-refractivity contribution >= 4 is 42.5 Å². The van der Waals surface area contributed by atoms with E-state index in [1.807, 2.05) is 4.72 Å². The van der Waals surface area contributed by atoms with Gasteiger partial charge in [-0.2, -0.15) is 21.6 Å². The first-order chi connectivity index (χ1) is 17.7. The van der Waals surface area contributed by atoms with Crippen molar-refractivity contribution in [3.8, 4) is 5.75 Å². The lowest BCUT2D eigenvalue weighted by Crippen LogP contribution is -2.18. The molecule has 1 heterocycles. The predicted molar refractivity (Wildman–Crippen MR) is 126 cm³/mol. The van der Waals surface area contributed by atoms with Crippen LogP contribution in [0.3, 0.4) is 0 Å². The highest BCUT2D eigenvalue weighted by molar-refractivity contribution is 7.92. The van der Waals surface area contributed by atoms with Gasteiger partial charge in [-0.05, 0) is 42.5 Å². The lowest BCUT2D eigenvalue weighted by atomic mass is 10.2. The molecule has 0 radical (unpaired) electrons. The number of non-ortho nitro benzene ring substituents is 1. The second-order valence-electron chi connectivity index (χ2n) is 7.54. The van der Waals surface area contributed by atoms with Gasteiger partial charge in [0.25, 0.3) is 15.7 Å². The summed E-state index contributed by atoms with van der Waals surface area (Å²) in [5, 5.41) is 11.0. The maximum atomic E-state index is 12.8. The summed E-state index contributed by atoms with van der Waals surface area (Å²) in [6.45, 7) is 0. The average molecular weight is 570 g/mol. The third-order valence-corrected chi connectivity index (χ3v) is 7.59. The number of sulfonamides is 1. The second-order valence-corrected chi connectivity index (χ2v) is 10.8. The minimum atomic E-state index is -4.68. The van der Waals surface area contributed by atoms with E-state index in [0.29, 0.717) is 24.3 Å². The van der Waals surface area contributed by atoms with Gasteiger partial charge in [-0.15, -0.1) is 0 Å². The normalized spacial score (nSPS) is 12.3. The second kappa shape index (κ2) is 9.46. The van der Waals surface area contributed by atoms with Gasteiger partial charge in [0.15, 0.2) is 11.3 Å². The van der Waals surface area contributed by atoms with E-state index < -0.39 is 74.9 Å². The molecule has 3 aromatic carbocycles. The topological polar surface area (TPSA) is 163 Å². The molecule has 11 nitrogen and oxygen atoms in total. The van der Waals surface area contributed by atoms with Gasteiger partial charge in [0.1, 0.15) is 10.6 Å². The first-order valence-electron chi connectivity index (χ1n) is 10.1. The highest BCUT2D eigenvalue weighted by Gasteiger charge is 2.31. The number of nitro groups is 1. The molecule has 0 bridgehead atoms. The molecule has 1 N–H and O–H groups in total. The van der Waals surface area contributed by atoms with Crippen LogP contribution >= 0.6 is 0 Å². The molecule has 16 heteroatoms. The minimum Gasteiger partial charge on any atom is -0.417 e. The molecule has 0 atom stereocenters. The fourth-order valence-corrected chi connectivity index (χ4v) is 5.22. The Kier molecular flexibility index (Phi) is 6.62. The number of hydrogen-bond acceptors (Lipinski definition) is 9. The van der Waals surface area contributed by atoms with Crippen molar-refractivity contribution in [3.05, 3.63) is 98.9 Å². The first kappa shape index (κ1) is 26.6. The summed E-state index contributed by atoms with van der Waals surface area (Å²) in [5.74, 6) is -0.493. The largest absolute Gasteiger partial charge is 0.417 e. The van der Waals surface area contributed by atoms with Gasteiger partial charge in [-0.3, -0.25) is 14.8 Å². The standard InChI is InChI=1S/C22H13F3N2O9S2/c23-22(24,25)14-7-9-16(10-8-14)38(33,34)36-19-6-1-3-13-11-18(21(28)35-20(13)19)26-37(31,32)17-5-2-4-15(12-17)27(29)30/h1-12,26H. The number of para-hydroxylation sites is 1. The van der Waals surface area contributed by atoms with Crippen LogP contribution in [0.25, 0.3) is 11.0 Å². The van der Waals surface area contributed by atoms with Crippen LogP contribution in [-0.4, -0.2) is 21.8 Å². The van der Waals surface area contributed by atoms with E-state index in [-0.39, 0.29) is 5.39 Å². The van der Waals surface area contributed by atoms with Crippen molar-refractivity contribution in [1.29, 1.82) is 0 Å². The van der Waals surface area contributed by atoms with Gasteiger partial charge in [0, 0.05) is 17.5 Å². The molecular weight excluding hydrogens is 557 g/mol. The number of fused-ring (bicyclic) bond motifs is 1. The number of hydrogen-bond donors (Lipinski definition) is 1. The predicted octanol–water partition coefficient (Wildman–Crippen LogP) is 4.29. The number of halogens is 3. The highest BCUT2D eigenvalue weighted by Crippen LogP contribution is 2.32. The van der Waals surface area contributed by atoms with Crippen molar-refractivity contribution in [1.82, 2.24) is 0 Å². The van der Waals surface area contributed by atoms with Crippen molar-refractivity contribution in [2.75, 3.05) is 4.72 Å². The van der Waals surface area contributed by atoms with E-state index in [1.54, 1.807) is 0 Å². The SMILES string of the molecule is O=c1oc2c(OS(=O)(=O)c3ccc(C(F)(F)F)cc3)cccc2cc1NS(=O)(=O)c1cccc([N+](=O)[O-])c1. The Bertz CT molecular complexity index is 1830. The Morgan fingerprint density at radius 3 is 2.18 bits per heavy atom. The summed E-state index contributed by atoms with van der Waals surface area (Å²) in [7, 11) is -9.13. The highest BCUT2D eigenvalue weighted by atomic mass is 32.2. The summed E-state index contributed by atoms with van der Waals surface area (Å²) in [6, 6.07) is 11.3. The minimum absolute atomic E-state index is 0.0152.